The van der Waals surface area contributed by atoms with Crippen molar-refractivity contribution in [1.82, 2.24) is 10.3 Å². The summed E-state index contributed by atoms with van der Waals surface area (Å²) in [5.41, 5.74) is 1.11. The fourth-order valence-electron chi connectivity index (χ4n) is 1.91. The number of nitro groups is 1. The first-order valence-electron chi connectivity index (χ1n) is 6.84. The standard InChI is InChI=1S/C13H18N4O4/c1-9(2)20-8-4-3-7-14-10-5-6-11(17(18)19)13-12(10)15-21-16-13/h5-6,9,14H,3-4,7-8H2,1-2H3. The van der Waals surface area contributed by atoms with E-state index in [9.17, 15) is 10.1 Å². The second-order valence-corrected chi connectivity index (χ2v) is 4.90. The summed E-state index contributed by atoms with van der Waals surface area (Å²) in [4.78, 5) is 10.4. The summed E-state index contributed by atoms with van der Waals surface area (Å²) in [6.45, 7) is 5.45. The molecule has 1 aromatic heterocycles. The number of anilines is 1. The molecule has 21 heavy (non-hydrogen) atoms. The molecular formula is C13H18N4O4. The van der Waals surface area contributed by atoms with E-state index in [1.165, 1.54) is 6.07 Å². The van der Waals surface area contributed by atoms with Crippen LogP contribution in [0.1, 0.15) is 26.7 Å². The Kier molecular flexibility index (Phi) is 5.04. The van der Waals surface area contributed by atoms with E-state index in [0.717, 1.165) is 26.0 Å². The lowest BCUT2D eigenvalue weighted by Gasteiger charge is -2.08. The summed E-state index contributed by atoms with van der Waals surface area (Å²) in [7, 11) is 0. The Hall–Kier alpha value is -2.22. The zero-order valence-electron chi connectivity index (χ0n) is 12.0. The molecule has 8 nitrogen and oxygen atoms in total. The summed E-state index contributed by atoms with van der Waals surface area (Å²) >= 11 is 0. The molecule has 0 aliphatic carbocycles. The fourth-order valence-corrected chi connectivity index (χ4v) is 1.91. The minimum atomic E-state index is -0.500. The Labute approximate surface area is 121 Å². The third kappa shape index (κ3) is 3.88. The second kappa shape index (κ2) is 6.98. The van der Waals surface area contributed by atoms with Gasteiger partial charge in [0, 0.05) is 19.2 Å². The maximum absolute atomic E-state index is 10.9. The summed E-state index contributed by atoms with van der Waals surface area (Å²) in [6.07, 6.45) is 2.11. The topological polar surface area (TPSA) is 103 Å². The average Bonchev–Trinajstić information content (AvgIpc) is 2.91. The highest BCUT2D eigenvalue weighted by Crippen LogP contribution is 2.28. The molecule has 0 bridgehead atoms. The maximum atomic E-state index is 10.9. The third-order valence-corrected chi connectivity index (χ3v) is 2.93. The highest BCUT2D eigenvalue weighted by atomic mass is 16.6. The first-order valence-corrected chi connectivity index (χ1v) is 6.84. The van der Waals surface area contributed by atoms with E-state index >= 15 is 0 Å². The van der Waals surface area contributed by atoms with Gasteiger partial charge in [0.05, 0.1) is 16.7 Å². The minimum Gasteiger partial charge on any atom is -0.383 e. The van der Waals surface area contributed by atoms with Crippen LogP contribution in [0.2, 0.25) is 0 Å². The molecule has 2 rings (SSSR count). The van der Waals surface area contributed by atoms with E-state index in [1.54, 1.807) is 6.07 Å². The number of hydrogen-bond acceptors (Lipinski definition) is 7. The molecule has 0 amide bonds. The van der Waals surface area contributed by atoms with E-state index in [0.29, 0.717) is 11.2 Å². The van der Waals surface area contributed by atoms with Crippen LogP contribution in [-0.4, -0.2) is 34.5 Å². The van der Waals surface area contributed by atoms with Gasteiger partial charge in [-0.05, 0) is 43.1 Å². The van der Waals surface area contributed by atoms with Gasteiger partial charge in [-0.2, -0.15) is 0 Å². The molecule has 1 aromatic carbocycles. The molecule has 1 heterocycles. The lowest BCUT2D eigenvalue weighted by Crippen LogP contribution is -2.07. The summed E-state index contributed by atoms with van der Waals surface area (Å²) < 4.78 is 10.1. The third-order valence-electron chi connectivity index (χ3n) is 2.93. The first kappa shape index (κ1) is 15.2. The Balaban J connectivity index is 1.93. The maximum Gasteiger partial charge on any atom is 0.300 e. The molecule has 0 aliphatic heterocycles. The lowest BCUT2D eigenvalue weighted by molar-refractivity contribution is -0.383. The quantitative estimate of drug-likeness (QED) is 0.453. The van der Waals surface area contributed by atoms with Gasteiger partial charge in [-0.3, -0.25) is 10.1 Å². The monoisotopic (exact) mass is 294 g/mol. The van der Waals surface area contributed by atoms with E-state index in [-0.39, 0.29) is 17.3 Å². The van der Waals surface area contributed by atoms with Crippen LogP contribution < -0.4 is 5.32 Å². The number of fused-ring (bicyclic) bond motifs is 1. The van der Waals surface area contributed by atoms with Crippen LogP contribution >= 0.6 is 0 Å². The molecule has 114 valence electrons. The largest absolute Gasteiger partial charge is 0.383 e. The highest BCUT2D eigenvalue weighted by molar-refractivity contribution is 5.93. The molecular weight excluding hydrogens is 276 g/mol. The van der Waals surface area contributed by atoms with Crippen molar-refractivity contribution in [1.29, 1.82) is 0 Å². The second-order valence-electron chi connectivity index (χ2n) is 4.90. The van der Waals surface area contributed by atoms with Crippen molar-refractivity contribution in [2.24, 2.45) is 0 Å². The Morgan fingerprint density at radius 1 is 1.33 bits per heavy atom. The minimum absolute atomic E-state index is 0.109. The molecule has 2 aromatic rings. The van der Waals surface area contributed by atoms with Gasteiger partial charge in [0.25, 0.3) is 0 Å². The van der Waals surface area contributed by atoms with Crippen LogP contribution in [0, 0.1) is 10.1 Å². The smallest absolute Gasteiger partial charge is 0.300 e. The van der Waals surface area contributed by atoms with Gasteiger partial charge in [-0.1, -0.05) is 0 Å². The molecule has 0 saturated heterocycles. The van der Waals surface area contributed by atoms with Crippen molar-refractivity contribution in [3.8, 4) is 0 Å². The molecule has 0 atom stereocenters. The number of unbranched alkanes of at least 4 members (excludes halogenated alkanes) is 1. The Morgan fingerprint density at radius 3 is 2.81 bits per heavy atom. The SMILES string of the molecule is CC(C)OCCCCNc1ccc([N+](=O)[O-])c2nonc12. The van der Waals surface area contributed by atoms with Gasteiger partial charge >= 0.3 is 5.69 Å². The van der Waals surface area contributed by atoms with Crippen molar-refractivity contribution < 1.29 is 14.3 Å². The molecule has 0 radical (unpaired) electrons. The number of aromatic nitrogens is 2. The van der Waals surface area contributed by atoms with Gasteiger partial charge in [-0.25, -0.2) is 4.63 Å². The number of hydrogen-bond donors (Lipinski definition) is 1. The summed E-state index contributed by atoms with van der Waals surface area (Å²) in [5, 5.41) is 21.4. The van der Waals surface area contributed by atoms with Crippen molar-refractivity contribution in [3.63, 3.8) is 0 Å². The molecule has 0 saturated carbocycles. The van der Waals surface area contributed by atoms with E-state index in [1.807, 2.05) is 13.8 Å². The molecule has 0 fully saturated rings. The van der Waals surface area contributed by atoms with E-state index in [4.69, 9.17) is 4.74 Å². The van der Waals surface area contributed by atoms with Crippen LogP contribution in [0.15, 0.2) is 16.8 Å². The predicted octanol–water partition coefficient (Wildman–Crippen LogP) is 2.75. The lowest BCUT2D eigenvalue weighted by atomic mass is 10.2. The van der Waals surface area contributed by atoms with Crippen molar-refractivity contribution in [2.45, 2.75) is 32.8 Å². The predicted molar refractivity (Wildman–Crippen MR) is 77.3 cm³/mol. The van der Waals surface area contributed by atoms with Gasteiger partial charge in [0.2, 0.25) is 5.52 Å². The van der Waals surface area contributed by atoms with Gasteiger partial charge in [0.1, 0.15) is 0 Å². The number of non-ortho nitro benzene ring substituents is 1. The van der Waals surface area contributed by atoms with Crippen LogP contribution in [0.25, 0.3) is 11.0 Å². The van der Waals surface area contributed by atoms with Crippen LogP contribution in [0.3, 0.4) is 0 Å². The van der Waals surface area contributed by atoms with Crippen LogP contribution in [-0.2, 0) is 4.74 Å². The summed E-state index contributed by atoms with van der Waals surface area (Å²) in [6, 6.07) is 3.02. The van der Waals surface area contributed by atoms with E-state index < -0.39 is 4.92 Å². The Morgan fingerprint density at radius 2 is 2.10 bits per heavy atom. The number of nitro benzene ring substituents is 1. The first-order chi connectivity index (χ1) is 10.1. The number of ether oxygens (including phenoxy) is 1. The Bertz CT molecular complexity index is 611. The molecule has 1 N–H and O–H groups in total. The summed E-state index contributed by atoms with van der Waals surface area (Å²) in [5.74, 6) is 0. The van der Waals surface area contributed by atoms with Crippen molar-refractivity contribution in [2.75, 3.05) is 18.5 Å². The molecule has 0 spiro atoms. The van der Waals surface area contributed by atoms with Crippen molar-refractivity contribution in [3.05, 3.63) is 22.2 Å². The number of nitrogens with zero attached hydrogens (tertiary/aromatic N) is 3. The zero-order valence-corrected chi connectivity index (χ0v) is 12.0. The number of nitrogens with one attached hydrogen (secondary N) is 1. The zero-order chi connectivity index (χ0) is 15.2. The molecule has 0 aliphatic rings. The van der Waals surface area contributed by atoms with Crippen LogP contribution in [0.4, 0.5) is 11.4 Å². The number of rotatable bonds is 8. The van der Waals surface area contributed by atoms with Gasteiger partial charge in [-0.15, -0.1) is 0 Å². The average molecular weight is 294 g/mol. The normalized spacial score (nSPS) is 11.2. The van der Waals surface area contributed by atoms with Gasteiger partial charge < -0.3 is 10.1 Å². The van der Waals surface area contributed by atoms with Gasteiger partial charge in [0.15, 0.2) is 5.52 Å². The van der Waals surface area contributed by atoms with E-state index in [2.05, 4.69) is 20.3 Å². The molecule has 8 heteroatoms. The van der Waals surface area contributed by atoms with Crippen LogP contribution in [0.5, 0.6) is 0 Å². The van der Waals surface area contributed by atoms with Crippen molar-refractivity contribution >= 4 is 22.4 Å². The fraction of sp³-hybridized carbons (Fsp3) is 0.538. The highest BCUT2D eigenvalue weighted by Gasteiger charge is 2.19. The molecule has 0 unspecified atom stereocenters. The number of benzene rings is 1.